The SMILES string of the molecule is Cc1cnoc1C(=O)Nc1ccc(F)c(F)c1. The zero-order valence-corrected chi connectivity index (χ0v) is 8.83. The molecule has 2 rings (SSSR count). The van der Waals surface area contributed by atoms with Crippen molar-refractivity contribution in [2.75, 3.05) is 5.32 Å². The molecule has 1 aromatic carbocycles. The third-order valence-electron chi connectivity index (χ3n) is 2.13. The van der Waals surface area contributed by atoms with Crippen LogP contribution in [-0.4, -0.2) is 11.1 Å². The van der Waals surface area contributed by atoms with Crippen molar-refractivity contribution in [3.8, 4) is 0 Å². The smallest absolute Gasteiger partial charge is 0.294 e. The molecule has 6 heteroatoms. The van der Waals surface area contributed by atoms with Gasteiger partial charge in [0.25, 0.3) is 5.91 Å². The first kappa shape index (κ1) is 11.3. The second-order valence-corrected chi connectivity index (χ2v) is 3.42. The molecule has 0 aliphatic carbocycles. The minimum Gasteiger partial charge on any atom is -0.351 e. The normalized spacial score (nSPS) is 10.3. The summed E-state index contributed by atoms with van der Waals surface area (Å²) in [6, 6.07) is 3.07. The van der Waals surface area contributed by atoms with Gasteiger partial charge in [-0.1, -0.05) is 5.16 Å². The largest absolute Gasteiger partial charge is 0.351 e. The highest BCUT2D eigenvalue weighted by Crippen LogP contribution is 2.15. The molecule has 0 aliphatic rings. The van der Waals surface area contributed by atoms with Gasteiger partial charge in [0.15, 0.2) is 11.6 Å². The van der Waals surface area contributed by atoms with E-state index in [0.717, 1.165) is 12.1 Å². The number of aryl methyl sites for hydroxylation is 1. The van der Waals surface area contributed by atoms with Crippen LogP contribution in [0.2, 0.25) is 0 Å². The Balaban J connectivity index is 2.19. The first-order valence-electron chi connectivity index (χ1n) is 4.75. The number of halogens is 2. The number of anilines is 1. The van der Waals surface area contributed by atoms with Gasteiger partial charge >= 0.3 is 0 Å². The van der Waals surface area contributed by atoms with E-state index < -0.39 is 17.5 Å². The van der Waals surface area contributed by atoms with Gasteiger partial charge in [-0.05, 0) is 19.1 Å². The fraction of sp³-hybridized carbons (Fsp3) is 0.0909. The van der Waals surface area contributed by atoms with Crippen LogP contribution in [0.4, 0.5) is 14.5 Å². The van der Waals surface area contributed by atoms with E-state index in [1.807, 2.05) is 0 Å². The third kappa shape index (κ3) is 2.30. The van der Waals surface area contributed by atoms with Crippen molar-refractivity contribution in [2.24, 2.45) is 0 Å². The summed E-state index contributed by atoms with van der Waals surface area (Å²) in [7, 11) is 0. The topological polar surface area (TPSA) is 55.1 Å². The van der Waals surface area contributed by atoms with Gasteiger partial charge < -0.3 is 9.84 Å². The molecule has 0 unspecified atom stereocenters. The lowest BCUT2D eigenvalue weighted by Gasteiger charge is -2.03. The molecule has 0 radical (unpaired) electrons. The maximum atomic E-state index is 12.9. The number of hydrogen-bond donors (Lipinski definition) is 1. The summed E-state index contributed by atoms with van der Waals surface area (Å²) in [5.74, 6) is -2.53. The molecule has 2 aromatic rings. The molecule has 0 atom stereocenters. The number of carbonyl (C=O) groups is 1. The standard InChI is InChI=1S/C11H8F2N2O2/c1-6-5-14-17-10(6)11(16)15-7-2-3-8(12)9(13)4-7/h2-5H,1H3,(H,15,16). The monoisotopic (exact) mass is 238 g/mol. The number of nitrogens with zero attached hydrogens (tertiary/aromatic N) is 1. The summed E-state index contributed by atoms with van der Waals surface area (Å²) in [6.45, 7) is 1.65. The van der Waals surface area contributed by atoms with Crippen molar-refractivity contribution in [2.45, 2.75) is 6.92 Å². The summed E-state index contributed by atoms with van der Waals surface area (Å²) in [4.78, 5) is 11.6. The molecule has 4 nitrogen and oxygen atoms in total. The van der Waals surface area contributed by atoms with Crippen molar-refractivity contribution < 1.29 is 18.1 Å². The first-order valence-corrected chi connectivity index (χ1v) is 4.75. The van der Waals surface area contributed by atoms with Crippen LogP contribution in [0.1, 0.15) is 16.1 Å². The Kier molecular flexibility index (Phi) is 2.86. The Morgan fingerprint density at radius 1 is 1.35 bits per heavy atom. The van der Waals surface area contributed by atoms with Crippen molar-refractivity contribution in [3.63, 3.8) is 0 Å². The Morgan fingerprint density at radius 2 is 2.12 bits per heavy atom. The number of benzene rings is 1. The van der Waals surface area contributed by atoms with Crippen LogP contribution >= 0.6 is 0 Å². The van der Waals surface area contributed by atoms with E-state index in [-0.39, 0.29) is 11.4 Å². The minimum absolute atomic E-state index is 0.0368. The number of aromatic nitrogens is 1. The predicted octanol–water partition coefficient (Wildman–Crippen LogP) is 2.51. The molecule has 0 saturated carbocycles. The van der Waals surface area contributed by atoms with E-state index in [2.05, 4.69) is 10.5 Å². The highest BCUT2D eigenvalue weighted by molar-refractivity contribution is 6.03. The van der Waals surface area contributed by atoms with Gasteiger partial charge in [-0.3, -0.25) is 4.79 Å². The lowest BCUT2D eigenvalue weighted by atomic mass is 10.2. The van der Waals surface area contributed by atoms with Gasteiger partial charge in [0.2, 0.25) is 5.76 Å². The Morgan fingerprint density at radius 3 is 2.71 bits per heavy atom. The molecule has 0 saturated heterocycles. The van der Waals surface area contributed by atoms with Gasteiger partial charge in [0, 0.05) is 17.3 Å². The molecule has 1 heterocycles. The molecule has 0 fully saturated rings. The zero-order chi connectivity index (χ0) is 12.4. The van der Waals surface area contributed by atoms with Crippen LogP contribution in [0.25, 0.3) is 0 Å². The summed E-state index contributed by atoms with van der Waals surface area (Å²) in [5.41, 5.74) is 0.704. The van der Waals surface area contributed by atoms with Gasteiger partial charge in [-0.2, -0.15) is 0 Å². The number of rotatable bonds is 2. The number of amides is 1. The second-order valence-electron chi connectivity index (χ2n) is 3.42. The number of hydrogen-bond acceptors (Lipinski definition) is 3. The Labute approximate surface area is 95.2 Å². The maximum absolute atomic E-state index is 12.9. The quantitative estimate of drug-likeness (QED) is 0.874. The third-order valence-corrected chi connectivity index (χ3v) is 2.13. The molecule has 1 amide bonds. The molecular weight excluding hydrogens is 230 g/mol. The molecule has 1 aromatic heterocycles. The van der Waals surface area contributed by atoms with Crippen LogP contribution < -0.4 is 5.32 Å². The van der Waals surface area contributed by atoms with E-state index in [4.69, 9.17) is 4.52 Å². The molecule has 1 N–H and O–H groups in total. The second kappa shape index (κ2) is 4.32. The molecule has 0 spiro atoms. The lowest BCUT2D eigenvalue weighted by Crippen LogP contribution is -2.12. The van der Waals surface area contributed by atoms with Crippen LogP contribution in [0, 0.1) is 18.6 Å². The average Bonchev–Trinajstić information content (AvgIpc) is 2.70. The minimum atomic E-state index is -1.03. The van der Waals surface area contributed by atoms with Crippen LogP contribution in [-0.2, 0) is 0 Å². The summed E-state index contributed by atoms with van der Waals surface area (Å²) >= 11 is 0. The van der Waals surface area contributed by atoms with Gasteiger partial charge in [-0.25, -0.2) is 8.78 Å². The number of nitrogens with one attached hydrogen (secondary N) is 1. The number of carbonyl (C=O) groups excluding carboxylic acids is 1. The molecule has 0 bridgehead atoms. The van der Waals surface area contributed by atoms with Crippen LogP contribution in [0.3, 0.4) is 0 Å². The van der Waals surface area contributed by atoms with Gasteiger partial charge in [-0.15, -0.1) is 0 Å². The fourth-order valence-corrected chi connectivity index (χ4v) is 1.27. The average molecular weight is 238 g/mol. The van der Waals surface area contributed by atoms with E-state index in [1.165, 1.54) is 12.3 Å². The van der Waals surface area contributed by atoms with E-state index in [9.17, 15) is 13.6 Å². The highest BCUT2D eigenvalue weighted by atomic mass is 19.2. The van der Waals surface area contributed by atoms with E-state index >= 15 is 0 Å². The summed E-state index contributed by atoms with van der Waals surface area (Å²) in [5, 5.41) is 5.82. The fourth-order valence-electron chi connectivity index (χ4n) is 1.27. The zero-order valence-electron chi connectivity index (χ0n) is 8.83. The van der Waals surface area contributed by atoms with Crippen molar-refractivity contribution >= 4 is 11.6 Å². The van der Waals surface area contributed by atoms with Crippen LogP contribution in [0.5, 0.6) is 0 Å². The lowest BCUT2D eigenvalue weighted by molar-refractivity contribution is 0.0987. The summed E-state index contributed by atoms with van der Waals surface area (Å²) in [6.07, 6.45) is 1.39. The van der Waals surface area contributed by atoms with E-state index in [0.29, 0.717) is 5.56 Å². The van der Waals surface area contributed by atoms with Crippen molar-refractivity contribution in [1.82, 2.24) is 5.16 Å². The van der Waals surface area contributed by atoms with E-state index in [1.54, 1.807) is 6.92 Å². The van der Waals surface area contributed by atoms with Gasteiger partial charge in [0.1, 0.15) is 0 Å². The maximum Gasteiger partial charge on any atom is 0.294 e. The predicted molar refractivity (Wildman–Crippen MR) is 55.6 cm³/mol. The molecular formula is C11H8F2N2O2. The van der Waals surface area contributed by atoms with Crippen LogP contribution in [0.15, 0.2) is 28.9 Å². The van der Waals surface area contributed by atoms with Crippen molar-refractivity contribution in [3.05, 3.63) is 47.4 Å². The van der Waals surface area contributed by atoms with Crippen molar-refractivity contribution in [1.29, 1.82) is 0 Å². The Hall–Kier alpha value is -2.24. The highest BCUT2D eigenvalue weighted by Gasteiger charge is 2.14. The molecule has 0 aliphatic heterocycles. The Bertz CT molecular complexity index is 566. The molecule has 88 valence electrons. The van der Waals surface area contributed by atoms with Gasteiger partial charge in [0.05, 0.1) is 6.20 Å². The molecule has 17 heavy (non-hydrogen) atoms. The first-order chi connectivity index (χ1) is 8.08. The summed E-state index contributed by atoms with van der Waals surface area (Å²) < 4.78 is 30.3.